The molecule has 0 radical (unpaired) electrons. The lowest BCUT2D eigenvalue weighted by Crippen LogP contribution is -2.37. The van der Waals surface area contributed by atoms with Crippen molar-refractivity contribution in [3.8, 4) is 0 Å². The molecule has 7 nitrogen and oxygen atoms in total. The maximum absolute atomic E-state index is 12.4. The van der Waals surface area contributed by atoms with Crippen molar-refractivity contribution in [2.45, 2.75) is 17.9 Å². The Morgan fingerprint density at radius 1 is 1.38 bits per heavy atom. The molecule has 8 heteroatoms. The van der Waals surface area contributed by atoms with Gasteiger partial charge in [-0.3, -0.25) is 4.79 Å². The maximum atomic E-state index is 12.4. The third-order valence-corrected chi connectivity index (χ3v) is 4.06. The number of morpholine rings is 1. The van der Waals surface area contributed by atoms with Crippen molar-refractivity contribution >= 4 is 21.7 Å². The van der Waals surface area contributed by atoms with Crippen molar-refractivity contribution in [2.24, 2.45) is 5.92 Å². The van der Waals surface area contributed by atoms with Crippen LogP contribution in [0.1, 0.15) is 23.8 Å². The van der Waals surface area contributed by atoms with Gasteiger partial charge in [-0.25, -0.2) is 9.71 Å². The van der Waals surface area contributed by atoms with Crippen molar-refractivity contribution in [3.63, 3.8) is 0 Å². The molecule has 0 bridgehead atoms. The van der Waals surface area contributed by atoms with Gasteiger partial charge in [0.1, 0.15) is 5.82 Å². The van der Waals surface area contributed by atoms with E-state index in [0.717, 1.165) is 18.2 Å². The van der Waals surface area contributed by atoms with Gasteiger partial charge in [0.2, 0.25) is 5.91 Å². The second kappa shape index (κ2) is 5.61. The maximum Gasteiger partial charge on any atom is 0.281 e. The molecule has 0 unspecified atom stereocenters. The molecule has 1 aliphatic carbocycles. The molecule has 1 amide bonds. The Morgan fingerprint density at radius 3 is 2.76 bits per heavy atom. The smallest absolute Gasteiger partial charge is 0.281 e. The number of anilines is 1. The van der Waals surface area contributed by atoms with Crippen LogP contribution in [0.25, 0.3) is 0 Å². The fraction of sp³-hybridized carbons (Fsp3) is 0.538. The van der Waals surface area contributed by atoms with Crippen LogP contribution in [0.2, 0.25) is 0 Å². The van der Waals surface area contributed by atoms with Gasteiger partial charge in [0, 0.05) is 18.9 Å². The lowest BCUT2D eigenvalue weighted by molar-refractivity contribution is -0.120. The lowest BCUT2D eigenvalue weighted by atomic mass is 10.4. The highest BCUT2D eigenvalue weighted by molar-refractivity contribution is 7.90. The molecule has 1 aliphatic heterocycles. The molecular weight excluding hydrogens is 294 g/mol. The Hall–Kier alpha value is -1.67. The van der Waals surface area contributed by atoms with Gasteiger partial charge in [0.05, 0.1) is 24.1 Å². The fourth-order valence-corrected chi connectivity index (χ4v) is 2.60. The Labute approximate surface area is 134 Å². The average Bonchev–Trinajstić information content (AvgIpc) is 3.37. The number of pyridine rings is 1. The minimum atomic E-state index is -4.46. The number of amides is 1. The Balaban J connectivity index is 2.07. The number of nitrogens with one attached hydrogen (secondary N) is 1. The summed E-state index contributed by atoms with van der Waals surface area (Å²) in [6.45, 7) is -13.2. The molecule has 114 valence electrons. The summed E-state index contributed by atoms with van der Waals surface area (Å²) < 4.78 is 93.7. The SMILES string of the molecule is [2H]C1([2H])OC([2H])([2H])C([2H])([2H])N(c2cccc(S(=O)(=O)NC(=O)C3CC3)n2)C1([2H])[2H]. The number of hydrogen-bond donors (Lipinski definition) is 1. The molecule has 1 saturated carbocycles. The predicted octanol–water partition coefficient (Wildman–Crippen LogP) is 0.133. The summed E-state index contributed by atoms with van der Waals surface area (Å²) in [6, 6.07) is 3.07. The Kier molecular flexibility index (Phi) is 2.02. The summed E-state index contributed by atoms with van der Waals surface area (Å²) in [5.41, 5.74) is 0. The molecule has 1 aromatic rings. The van der Waals surface area contributed by atoms with Gasteiger partial charge >= 0.3 is 0 Å². The van der Waals surface area contributed by atoms with Crippen molar-refractivity contribution in [1.82, 2.24) is 9.71 Å². The fourth-order valence-electron chi connectivity index (χ4n) is 1.60. The number of nitrogens with zero attached hydrogens (tertiary/aromatic N) is 2. The molecule has 2 fully saturated rings. The molecular formula is C13H17N3O4S. The summed E-state index contributed by atoms with van der Waals surface area (Å²) in [5, 5.41) is -0.733. The van der Waals surface area contributed by atoms with Crippen LogP contribution in [0.3, 0.4) is 0 Å². The number of rotatable bonds is 4. The quantitative estimate of drug-likeness (QED) is 0.849. The zero-order valence-corrected chi connectivity index (χ0v) is 11.5. The van der Waals surface area contributed by atoms with E-state index >= 15 is 0 Å². The van der Waals surface area contributed by atoms with Crippen LogP contribution in [0.15, 0.2) is 23.2 Å². The normalized spacial score (nSPS) is 34.6. The molecule has 0 spiro atoms. The van der Waals surface area contributed by atoms with Crippen molar-refractivity contribution in [1.29, 1.82) is 0 Å². The molecule has 0 atom stereocenters. The number of aromatic nitrogens is 1. The first-order valence-electron chi connectivity index (χ1n) is 10.1. The molecule has 0 aromatic carbocycles. The highest BCUT2D eigenvalue weighted by Gasteiger charge is 2.33. The minimum Gasteiger partial charge on any atom is -0.378 e. The summed E-state index contributed by atoms with van der Waals surface area (Å²) in [5.74, 6) is -1.84. The lowest BCUT2D eigenvalue weighted by Gasteiger charge is -2.27. The second-order valence-electron chi connectivity index (χ2n) is 4.44. The van der Waals surface area contributed by atoms with Gasteiger partial charge in [0.15, 0.2) is 5.03 Å². The van der Waals surface area contributed by atoms with Crippen molar-refractivity contribution in [3.05, 3.63) is 18.2 Å². The van der Waals surface area contributed by atoms with Gasteiger partial charge < -0.3 is 9.64 Å². The van der Waals surface area contributed by atoms with E-state index in [4.69, 9.17) is 11.0 Å². The summed E-state index contributed by atoms with van der Waals surface area (Å²) in [7, 11) is -4.46. The molecule has 1 saturated heterocycles. The van der Waals surface area contributed by atoms with Gasteiger partial charge in [-0.1, -0.05) is 6.07 Å². The van der Waals surface area contributed by atoms with E-state index in [-0.39, 0.29) is 4.90 Å². The monoisotopic (exact) mass is 319 g/mol. The first-order valence-corrected chi connectivity index (χ1v) is 7.55. The Morgan fingerprint density at radius 2 is 2.10 bits per heavy atom. The zero-order chi connectivity index (χ0) is 22.0. The van der Waals surface area contributed by atoms with Crippen LogP contribution < -0.4 is 9.62 Å². The minimum absolute atomic E-state index is 0.0607. The van der Waals surface area contributed by atoms with E-state index in [0.29, 0.717) is 12.8 Å². The van der Waals surface area contributed by atoms with Crippen LogP contribution >= 0.6 is 0 Å². The molecule has 1 N–H and O–H groups in total. The van der Waals surface area contributed by atoms with Crippen LogP contribution in [0, 0.1) is 5.92 Å². The number of carbonyl (C=O) groups is 1. The second-order valence-corrected chi connectivity index (χ2v) is 6.07. The van der Waals surface area contributed by atoms with Crippen LogP contribution in [0.4, 0.5) is 5.82 Å². The summed E-state index contributed by atoms with van der Waals surface area (Å²) in [4.78, 5) is 15.5. The zero-order valence-electron chi connectivity index (χ0n) is 18.7. The van der Waals surface area contributed by atoms with Gasteiger partial charge in [-0.2, -0.15) is 8.42 Å². The highest BCUT2D eigenvalue weighted by Crippen LogP contribution is 2.29. The van der Waals surface area contributed by atoms with Crippen molar-refractivity contribution < 1.29 is 28.9 Å². The first-order chi connectivity index (χ1) is 13.0. The molecule has 1 aromatic heterocycles. The van der Waals surface area contributed by atoms with Crippen LogP contribution in [-0.2, 0) is 19.6 Å². The highest BCUT2D eigenvalue weighted by atomic mass is 32.2. The number of ether oxygens (including phenoxy) is 1. The first kappa shape index (κ1) is 7.55. The number of sulfonamides is 1. The van der Waals surface area contributed by atoms with E-state index in [2.05, 4.69) is 9.72 Å². The van der Waals surface area contributed by atoms with E-state index in [1.165, 1.54) is 0 Å². The molecule has 2 aliphatic rings. The molecule has 21 heavy (non-hydrogen) atoms. The van der Waals surface area contributed by atoms with Gasteiger partial charge in [-0.15, -0.1) is 0 Å². The topological polar surface area (TPSA) is 88.6 Å². The third-order valence-electron chi connectivity index (χ3n) is 2.81. The predicted molar refractivity (Wildman–Crippen MR) is 75.3 cm³/mol. The van der Waals surface area contributed by atoms with E-state index in [9.17, 15) is 13.2 Å². The van der Waals surface area contributed by atoms with Crippen molar-refractivity contribution in [2.75, 3.05) is 31.0 Å². The van der Waals surface area contributed by atoms with Gasteiger partial charge in [-0.05, 0) is 25.0 Å². The van der Waals surface area contributed by atoms with Crippen LogP contribution in [-0.4, -0.2) is 45.4 Å². The van der Waals surface area contributed by atoms with E-state index < -0.39 is 58.8 Å². The molecule has 2 heterocycles. The standard InChI is InChI=1S/C13H17N3O4S/c17-13(10-4-5-10)15-21(18,19)12-3-1-2-11(14-12)16-6-8-20-9-7-16/h1-3,10H,4-9H2,(H,15,17)/i6D2,7D2,8D2,9D2. The van der Waals surface area contributed by atoms with E-state index in [1.807, 2.05) is 4.72 Å². The Bertz CT molecular complexity index is 925. The molecule has 3 rings (SSSR count). The van der Waals surface area contributed by atoms with Crippen LogP contribution in [0.5, 0.6) is 0 Å². The van der Waals surface area contributed by atoms with Gasteiger partial charge in [0.25, 0.3) is 10.0 Å². The van der Waals surface area contributed by atoms with E-state index in [1.54, 1.807) is 0 Å². The average molecular weight is 319 g/mol. The number of hydrogen-bond acceptors (Lipinski definition) is 6. The summed E-state index contributed by atoms with van der Waals surface area (Å²) in [6.07, 6.45) is 1.10. The third kappa shape index (κ3) is 3.33. The number of carbonyl (C=O) groups excluding carboxylic acids is 1. The summed E-state index contributed by atoms with van der Waals surface area (Å²) >= 11 is 0. The largest absolute Gasteiger partial charge is 0.378 e.